The summed E-state index contributed by atoms with van der Waals surface area (Å²) in [6, 6.07) is 5.36. The number of thiazole rings is 1. The van der Waals surface area contributed by atoms with Crippen LogP contribution in [0.25, 0.3) is 4.96 Å². The van der Waals surface area contributed by atoms with Crippen LogP contribution in [0.15, 0.2) is 36.0 Å². The summed E-state index contributed by atoms with van der Waals surface area (Å²) in [6.45, 7) is 4.73. The summed E-state index contributed by atoms with van der Waals surface area (Å²) >= 11 is 1.61. The van der Waals surface area contributed by atoms with Gasteiger partial charge >= 0.3 is 0 Å². The molecule has 1 unspecified atom stereocenters. The summed E-state index contributed by atoms with van der Waals surface area (Å²) < 4.78 is 16.2. The molecule has 0 bridgehead atoms. The fraction of sp³-hybridized carbons (Fsp3) is 0.312. The average molecular weight is 303 g/mol. The Morgan fingerprint density at radius 1 is 1.43 bits per heavy atom. The minimum Gasteiger partial charge on any atom is -0.310 e. The van der Waals surface area contributed by atoms with Crippen molar-refractivity contribution < 1.29 is 4.39 Å². The molecule has 21 heavy (non-hydrogen) atoms. The maximum Gasteiger partial charge on any atom is 0.193 e. The van der Waals surface area contributed by atoms with E-state index < -0.39 is 0 Å². The molecule has 0 radical (unpaired) electrons. The van der Waals surface area contributed by atoms with Crippen LogP contribution in [-0.4, -0.2) is 15.9 Å². The Hall–Kier alpha value is -1.72. The monoisotopic (exact) mass is 303 g/mol. The topological polar surface area (TPSA) is 29.3 Å². The first kappa shape index (κ1) is 14.2. The highest BCUT2D eigenvalue weighted by molar-refractivity contribution is 7.15. The fourth-order valence-corrected chi connectivity index (χ4v) is 3.26. The van der Waals surface area contributed by atoms with E-state index in [0.29, 0.717) is 12.0 Å². The highest BCUT2D eigenvalue weighted by atomic mass is 32.1. The number of fused-ring (bicyclic) bond motifs is 1. The highest BCUT2D eigenvalue weighted by Gasteiger charge is 2.17. The van der Waals surface area contributed by atoms with E-state index in [4.69, 9.17) is 0 Å². The molecule has 2 heterocycles. The van der Waals surface area contributed by atoms with Gasteiger partial charge in [-0.25, -0.2) is 9.37 Å². The van der Waals surface area contributed by atoms with Gasteiger partial charge < -0.3 is 5.32 Å². The van der Waals surface area contributed by atoms with Gasteiger partial charge in [-0.05, 0) is 25.1 Å². The van der Waals surface area contributed by atoms with E-state index >= 15 is 0 Å². The van der Waals surface area contributed by atoms with E-state index in [0.717, 1.165) is 22.8 Å². The molecule has 5 heteroatoms. The van der Waals surface area contributed by atoms with Gasteiger partial charge in [0.25, 0.3) is 0 Å². The standard InChI is InChI=1S/C16H18FN3S/c1-3-18-15(13-5-4-11(2)8-14(13)17)9-12-10-20-6-7-21-16(20)19-12/h4-8,10,15,18H,3,9H2,1-2H3. The maximum atomic E-state index is 14.2. The molecule has 1 atom stereocenters. The van der Waals surface area contributed by atoms with Crippen LogP contribution in [0.5, 0.6) is 0 Å². The van der Waals surface area contributed by atoms with Gasteiger partial charge in [0, 0.05) is 35.8 Å². The molecular weight excluding hydrogens is 285 g/mol. The van der Waals surface area contributed by atoms with Gasteiger partial charge in [-0.2, -0.15) is 0 Å². The third-order valence-corrected chi connectivity index (χ3v) is 4.31. The van der Waals surface area contributed by atoms with Crippen molar-refractivity contribution in [3.8, 4) is 0 Å². The molecule has 2 aromatic heterocycles. The molecule has 0 aliphatic heterocycles. The van der Waals surface area contributed by atoms with Gasteiger partial charge in [0.1, 0.15) is 5.82 Å². The first-order chi connectivity index (χ1) is 10.2. The molecule has 1 aromatic carbocycles. The lowest BCUT2D eigenvalue weighted by Crippen LogP contribution is -2.24. The zero-order valence-electron chi connectivity index (χ0n) is 12.1. The molecule has 0 amide bonds. The lowest BCUT2D eigenvalue weighted by Gasteiger charge is -2.18. The number of benzene rings is 1. The molecule has 3 rings (SSSR count). The minimum atomic E-state index is -0.151. The van der Waals surface area contributed by atoms with E-state index in [1.165, 1.54) is 0 Å². The van der Waals surface area contributed by atoms with E-state index in [-0.39, 0.29) is 11.9 Å². The lowest BCUT2D eigenvalue weighted by atomic mass is 10.00. The number of rotatable bonds is 5. The number of nitrogens with zero attached hydrogens (tertiary/aromatic N) is 2. The first-order valence-electron chi connectivity index (χ1n) is 7.08. The lowest BCUT2D eigenvalue weighted by molar-refractivity contribution is 0.506. The number of aromatic nitrogens is 2. The molecule has 3 nitrogen and oxygen atoms in total. The van der Waals surface area contributed by atoms with Gasteiger partial charge in [-0.15, -0.1) is 11.3 Å². The van der Waals surface area contributed by atoms with Crippen molar-refractivity contribution in [2.75, 3.05) is 6.54 Å². The summed E-state index contributed by atoms with van der Waals surface area (Å²) in [5, 5.41) is 5.37. The number of likely N-dealkylation sites (N-methyl/N-ethyl adjacent to an activating group) is 1. The second-order valence-corrected chi connectivity index (χ2v) is 6.04. The molecule has 0 aliphatic rings. The smallest absolute Gasteiger partial charge is 0.193 e. The number of nitrogens with one attached hydrogen (secondary N) is 1. The van der Waals surface area contributed by atoms with Crippen LogP contribution in [0.1, 0.15) is 29.8 Å². The average Bonchev–Trinajstić information content (AvgIpc) is 2.99. The van der Waals surface area contributed by atoms with Crippen molar-refractivity contribution in [2.24, 2.45) is 0 Å². The maximum absolute atomic E-state index is 14.2. The summed E-state index contributed by atoms with van der Waals surface area (Å²) in [7, 11) is 0. The molecule has 0 aliphatic carbocycles. The van der Waals surface area contributed by atoms with Crippen LogP contribution >= 0.6 is 11.3 Å². The Balaban J connectivity index is 1.88. The van der Waals surface area contributed by atoms with Crippen molar-refractivity contribution in [3.05, 3.63) is 58.6 Å². The summed E-state index contributed by atoms with van der Waals surface area (Å²) in [6.07, 6.45) is 4.69. The second kappa shape index (κ2) is 5.95. The van der Waals surface area contributed by atoms with Gasteiger partial charge in [-0.1, -0.05) is 19.1 Å². The number of hydrogen-bond donors (Lipinski definition) is 1. The van der Waals surface area contributed by atoms with E-state index in [1.54, 1.807) is 17.4 Å². The van der Waals surface area contributed by atoms with Crippen molar-refractivity contribution >= 4 is 16.3 Å². The van der Waals surface area contributed by atoms with Crippen LogP contribution in [0.2, 0.25) is 0 Å². The van der Waals surface area contributed by atoms with E-state index in [9.17, 15) is 4.39 Å². The van der Waals surface area contributed by atoms with Gasteiger partial charge in [0.05, 0.1) is 5.69 Å². The molecular formula is C16H18FN3S. The van der Waals surface area contributed by atoms with Crippen LogP contribution in [-0.2, 0) is 6.42 Å². The number of hydrogen-bond acceptors (Lipinski definition) is 3. The Morgan fingerprint density at radius 2 is 2.29 bits per heavy atom. The van der Waals surface area contributed by atoms with Crippen LogP contribution in [0, 0.1) is 12.7 Å². The Bertz CT molecular complexity index is 718. The van der Waals surface area contributed by atoms with E-state index in [2.05, 4.69) is 10.3 Å². The van der Waals surface area contributed by atoms with Crippen molar-refractivity contribution in [2.45, 2.75) is 26.3 Å². The molecule has 0 saturated heterocycles. The second-order valence-electron chi connectivity index (χ2n) is 5.16. The van der Waals surface area contributed by atoms with Crippen LogP contribution in [0.4, 0.5) is 4.39 Å². The van der Waals surface area contributed by atoms with Crippen LogP contribution < -0.4 is 5.32 Å². The quantitative estimate of drug-likeness (QED) is 0.778. The first-order valence-corrected chi connectivity index (χ1v) is 7.96. The Kier molecular flexibility index (Phi) is 4.03. The minimum absolute atomic E-state index is 0.0554. The summed E-state index contributed by atoms with van der Waals surface area (Å²) in [5.41, 5.74) is 2.63. The molecule has 1 N–H and O–H groups in total. The largest absolute Gasteiger partial charge is 0.310 e. The highest BCUT2D eigenvalue weighted by Crippen LogP contribution is 2.23. The van der Waals surface area contributed by atoms with Gasteiger partial charge in [-0.3, -0.25) is 4.40 Å². The SMILES string of the molecule is CCNC(Cc1cn2ccsc2n1)c1ccc(C)cc1F. The van der Waals surface area contributed by atoms with Crippen molar-refractivity contribution in [3.63, 3.8) is 0 Å². The van der Waals surface area contributed by atoms with Gasteiger partial charge in [0.15, 0.2) is 4.96 Å². The number of imidazole rings is 1. The fourth-order valence-electron chi connectivity index (χ4n) is 2.54. The molecule has 0 saturated carbocycles. The summed E-state index contributed by atoms with van der Waals surface area (Å²) in [5.74, 6) is -0.151. The molecule has 0 spiro atoms. The molecule has 110 valence electrons. The molecule has 0 fully saturated rings. The Labute approximate surface area is 127 Å². The Morgan fingerprint density at radius 3 is 3.00 bits per heavy atom. The third-order valence-electron chi connectivity index (χ3n) is 3.54. The van der Waals surface area contributed by atoms with Crippen molar-refractivity contribution in [1.82, 2.24) is 14.7 Å². The molecule has 3 aromatic rings. The van der Waals surface area contributed by atoms with E-state index in [1.807, 2.05) is 48.2 Å². The zero-order valence-corrected chi connectivity index (χ0v) is 13.0. The van der Waals surface area contributed by atoms with Gasteiger partial charge in [0.2, 0.25) is 0 Å². The third kappa shape index (κ3) is 2.99. The normalized spacial score (nSPS) is 12.9. The van der Waals surface area contributed by atoms with Crippen LogP contribution in [0.3, 0.4) is 0 Å². The predicted octanol–water partition coefficient (Wildman–Crippen LogP) is 3.74. The van der Waals surface area contributed by atoms with Crippen molar-refractivity contribution in [1.29, 1.82) is 0 Å². The zero-order chi connectivity index (χ0) is 14.8. The summed E-state index contributed by atoms with van der Waals surface area (Å²) in [4.78, 5) is 5.56. The number of aryl methyl sites for hydroxylation is 1. The number of halogens is 1. The predicted molar refractivity (Wildman–Crippen MR) is 84.3 cm³/mol.